The Balaban J connectivity index is 0.000000580. The van der Waals surface area contributed by atoms with E-state index in [0.717, 1.165) is 68.3 Å². The summed E-state index contributed by atoms with van der Waals surface area (Å²) >= 11 is 1.72. The van der Waals surface area contributed by atoms with Crippen LogP contribution < -0.4 is 0 Å². The molecule has 39 heavy (non-hydrogen) atoms. The van der Waals surface area contributed by atoms with Crippen molar-refractivity contribution in [1.29, 1.82) is 0 Å². The number of halogens is 1. The first-order chi connectivity index (χ1) is 18.8. The Labute approximate surface area is 234 Å². The fourth-order valence-electron chi connectivity index (χ4n) is 4.04. The van der Waals surface area contributed by atoms with Crippen molar-refractivity contribution in [2.75, 3.05) is 46.2 Å². The first kappa shape index (κ1) is 32.0. The zero-order valence-electron chi connectivity index (χ0n) is 22.5. The number of hydrogen-bond donors (Lipinski definition) is 2. The molecule has 0 spiro atoms. The van der Waals surface area contributed by atoms with Crippen LogP contribution >= 0.6 is 11.8 Å². The molecule has 1 fully saturated rings. The average Bonchev–Trinajstić information content (AvgIpc) is 2.94. The number of aliphatic carboxylic acids is 2. The van der Waals surface area contributed by atoms with Gasteiger partial charge in [0, 0.05) is 51.5 Å². The molecule has 8 nitrogen and oxygen atoms in total. The number of thioether (sulfide) groups is 1. The van der Waals surface area contributed by atoms with Crippen molar-refractivity contribution in [1.82, 2.24) is 9.80 Å². The third-order valence-corrected chi connectivity index (χ3v) is 6.89. The molecular formula is C29H38FN3O5S. The Morgan fingerprint density at radius 2 is 1.67 bits per heavy atom. The van der Waals surface area contributed by atoms with Gasteiger partial charge in [-0.05, 0) is 61.8 Å². The van der Waals surface area contributed by atoms with Gasteiger partial charge < -0.3 is 24.7 Å². The van der Waals surface area contributed by atoms with Gasteiger partial charge in [-0.15, -0.1) is 0 Å². The minimum Gasteiger partial charge on any atom is -0.478 e. The maximum Gasteiger partial charge on any atom is 0.328 e. The monoisotopic (exact) mass is 559 g/mol. The van der Waals surface area contributed by atoms with Gasteiger partial charge in [-0.2, -0.15) is 0 Å². The Hall–Kier alpha value is -3.21. The topological polar surface area (TPSA) is 103 Å². The number of nitrogens with zero attached hydrogens (tertiary/aromatic N) is 3. The minimum absolute atomic E-state index is 0.187. The van der Waals surface area contributed by atoms with Crippen LogP contribution in [0.3, 0.4) is 0 Å². The maximum atomic E-state index is 12.9. The number of likely N-dealkylation sites (tertiary alicyclic amines) is 1. The van der Waals surface area contributed by atoms with Crippen LogP contribution in [0, 0.1) is 5.82 Å². The third-order valence-electron chi connectivity index (χ3n) is 6.15. The molecule has 0 atom stereocenters. The number of carboxylic acid groups (broad SMARTS) is 2. The molecule has 1 aliphatic rings. The van der Waals surface area contributed by atoms with Crippen molar-refractivity contribution in [3.8, 4) is 0 Å². The fraction of sp³-hybridized carbons (Fsp3) is 0.414. The summed E-state index contributed by atoms with van der Waals surface area (Å²) in [5, 5.41) is 16.7. The van der Waals surface area contributed by atoms with Crippen molar-refractivity contribution in [3.63, 3.8) is 0 Å². The van der Waals surface area contributed by atoms with Crippen molar-refractivity contribution in [2.45, 2.75) is 31.7 Å². The lowest BCUT2D eigenvalue weighted by molar-refractivity contribution is -0.134. The number of amidine groups is 1. The molecule has 0 radical (unpaired) electrons. The second-order valence-corrected chi connectivity index (χ2v) is 9.74. The Kier molecular flexibility index (Phi) is 14.9. The summed E-state index contributed by atoms with van der Waals surface area (Å²) in [6.07, 6.45) is 7.43. The van der Waals surface area contributed by atoms with Crippen LogP contribution in [0.2, 0.25) is 0 Å². The zero-order valence-corrected chi connectivity index (χ0v) is 23.4. The van der Waals surface area contributed by atoms with Gasteiger partial charge in [0.2, 0.25) is 0 Å². The highest BCUT2D eigenvalue weighted by Crippen LogP contribution is 2.21. The molecule has 212 valence electrons. The number of piperidine rings is 1. The number of para-hydroxylation sites is 1. The second-order valence-electron chi connectivity index (χ2n) is 8.97. The molecule has 1 saturated heterocycles. The van der Waals surface area contributed by atoms with Gasteiger partial charge in [0.05, 0.1) is 12.3 Å². The van der Waals surface area contributed by atoms with Gasteiger partial charge in [-0.1, -0.05) is 42.1 Å². The van der Waals surface area contributed by atoms with E-state index in [1.54, 1.807) is 11.8 Å². The second kappa shape index (κ2) is 18.1. The van der Waals surface area contributed by atoms with E-state index in [4.69, 9.17) is 19.9 Å². The van der Waals surface area contributed by atoms with Gasteiger partial charge in [-0.25, -0.2) is 19.0 Å². The molecule has 0 saturated carbocycles. The van der Waals surface area contributed by atoms with Crippen LogP contribution in [0.4, 0.5) is 10.1 Å². The van der Waals surface area contributed by atoms with Gasteiger partial charge in [0.1, 0.15) is 5.82 Å². The summed E-state index contributed by atoms with van der Waals surface area (Å²) in [5.74, 6) is -2.70. The van der Waals surface area contributed by atoms with E-state index in [9.17, 15) is 14.0 Å². The van der Waals surface area contributed by atoms with Crippen molar-refractivity contribution in [2.24, 2.45) is 4.99 Å². The van der Waals surface area contributed by atoms with E-state index in [1.807, 2.05) is 30.3 Å². The molecule has 0 aliphatic carbocycles. The van der Waals surface area contributed by atoms with Crippen LogP contribution in [0.15, 0.2) is 71.7 Å². The molecule has 10 heteroatoms. The van der Waals surface area contributed by atoms with Crippen molar-refractivity contribution in [3.05, 3.63) is 78.1 Å². The van der Waals surface area contributed by atoms with Gasteiger partial charge in [0.15, 0.2) is 5.17 Å². The van der Waals surface area contributed by atoms with Gasteiger partial charge >= 0.3 is 11.9 Å². The molecule has 0 aromatic heterocycles. The van der Waals surface area contributed by atoms with E-state index in [1.165, 1.54) is 12.1 Å². The summed E-state index contributed by atoms with van der Waals surface area (Å²) in [6, 6.07) is 17.4. The fourth-order valence-corrected chi connectivity index (χ4v) is 4.68. The Bertz CT molecular complexity index is 1040. The minimum atomic E-state index is -1.26. The number of rotatable bonds is 11. The summed E-state index contributed by atoms with van der Waals surface area (Å²) in [6.45, 7) is 4.80. The van der Waals surface area contributed by atoms with E-state index in [0.29, 0.717) is 24.8 Å². The lowest BCUT2D eigenvalue weighted by Gasteiger charge is -2.37. The predicted molar refractivity (Wildman–Crippen MR) is 154 cm³/mol. The Morgan fingerprint density at radius 1 is 1.05 bits per heavy atom. The molecule has 0 amide bonds. The molecule has 1 heterocycles. The molecular weight excluding hydrogens is 521 g/mol. The van der Waals surface area contributed by atoms with Crippen LogP contribution in [0.5, 0.6) is 0 Å². The lowest BCUT2D eigenvalue weighted by Crippen LogP contribution is -2.45. The standard InChI is InChI=1S/C25H34FN3OS.C4H4O4/c1-28(25(31-2)27-23-7-4-3-5-8-23)24-13-17-29(18-14-24)16-6-19-30-20-15-21-9-11-22(26)12-10-21;5-3(6)1-2-4(7)8/h3-5,7-12,24H,6,13-20H2,1-2H3;1-2H,(H,5,6)(H,7,8)/b27-25+;2-1+. The van der Waals surface area contributed by atoms with Crippen molar-refractivity contribution >= 4 is 34.6 Å². The highest BCUT2D eigenvalue weighted by atomic mass is 32.2. The first-order valence-corrected chi connectivity index (χ1v) is 14.1. The van der Waals surface area contributed by atoms with Crippen molar-refractivity contribution < 1.29 is 28.9 Å². The number of hydrogen-bond acceptors (Lipinski definition) is 6. The number of aliphatic imine (C=N–C) groups is 1. The summed E-state index contributed by atoms with van der Waals surface area (Å²) in [7, 11) is 2.17. The van der Waals surface area contributed by atoms with Crippen LogP contribution in [-0.4, -0.2) is 89.3 Å². The highest BCUT2D eigenvalue weighted by Gasteiger charge is 2.24. The number of carboxylic acids is 2. The summed E-state index contributed by atoms with van der Waals surface area (Å²) < 4.78 is 18.7. The normalized spacial score (nSPS) is 14.6. The summed E-state index contributed by atoms with van der Waals surface area (Å²) in [5.41, 5.74) is 2.13. The van der Waals surface area contributed by atoms with E-state index in [-0.39, 0.29) is 5.82 Å². The van der Waals surface area contributed by atoms with Gasteiger partial charge in [0.25, 0.3) is 0 Å². The van der Waals surface area contributed by atoms with Crippen LogP contribution in [-0.2, 0) is 20.7 Å². The van der Waals surface area contributed by atoms with Crippen LogP contribution in [0.1, 0.15) is 24.8 Å². The molecule has 0 unspecified atom stereocenters. The van der Waals surface area contributed by atoms with Gasteiger partial charge in [-0.3, -0.25) is 0 Å². The molecule has 3 rings (SSSR count). The molecule has 2 aromatic carbocycles. The Morgan fingerprint density at radius 3 is 2.23 bits per heavy atom. The highest BCUT2D eigenvalue weighted by molar-refractivity contribution is 8.13. The summed E-state index contributed by atoms with van der Waals surface area (Å²) in [4.78, 5) is 28.8. The average molecular weight is 560 g/mol. The molecule has 2 N–H and O–H groups in total. The predicted octanol–water partition coefficient (Wildman–Crippen LogP) is 4.93. The first-order valence-electron chi connectivity index (χ1n) is 12.9. The number of carbonyl (C=O) groups is 2. The number of benzene rings is 2. The quantitative estimate of drug-likeness (QED) is 0.173. The zero-order chi connectivity index (χ0) is 28.5. The molecule has 0 bridgehead atoms. The maximum absolute atomic E-state index is 12.9. The van der Waals surface area contributed by atoms with E-state index >= 15 is 0 Å². The largest absolute Gasteiger partial charge is 0.478 e. The SMILES string of the molecule is CS/C(=N/c1ccccc1)N(C)C1CCN(CCCOCCc2ccc(F)cc2)CC1.O=C(O)/C=C/C(=O)O. The van der Waals surface area contributed by atoms with Crippen LogP contribution in [0.25, 0.3) is 0 Å². The number of ether oxygens (including phenoxy) is 1. The lowest BCUT2D eigenvalue weighted by atomic mass is 10.0. The van der Waals surface area contributed by atoms with E-state index in [2.05, 4.69) is 35.2 Å². The molecule has 2 aromatic rings. The molecule has 1 aliphatic heterocycles. The smallest absolute Gasteiger partial charge is 0.328 e. The third kappa shape index (κ3) is 13.4. The van der Waals surface area contributed by atoms with E-state index < -0.39 is 11.9 Å².